The lowest BCUT2D eigenvalue weighted by Crippen LogP contribution is -2.42. The summed E-state index contributed by atoms with van der Waals surface area (Å²) in [5.41, 5.74) is 0.796. The Kier molecular flexibility index (Phi) is 5.80. The number of hydrogen-bond donors (Lipinski definition) is 1. The molecule has 1 aliphatic rings. The van der Waals surface area contributed by atoms with Crippen molar-refractivity contribution in [2.24, 2.45) is 7.05 Å². The number of nitrogens with zero attached hydrogens (tertiary/aromatic N) is 4. The zero-order valence-corrected chi connectivity index (χ0v) is 16.8. The molecule has 2 heterocycles. The summed E-state index contributed by atoms with van der Waals surface area (Å²) in [5.74, 6) is -1.26. The first-order valence-corrected chi connectivity index (χ1v) is 9.29. The van der Waals surface area contributed by atoms with E-state index in [0.29, 0.717) is 17.3 Å². The van der Waals surface area contributed by atoms with Crippen LogP contribution in [0.1, 0.15) is 19.0 Å². The van der Waals surface area contributed by atoms with E-state index < -0.39 is 12.0 Å². The lowest BCUT2D eigenvalue weighted by atomic mass is 10.1. The van der Waals surface area contributed by atoms with Crippen LogP contribution in [0.25, 0.3) is 0 Å². The summed E-state index contributed by atoms with van der Waals surface area (Å²) < 4.78 is 5.91. The van der Waals surface area contributed by atoms with Crippen molar-refractivity contribution in [1.82, 2.24) is 15.1 Å². The van der Waals surface area contributed by atoms with Crippen LogP contribution in [0.5, 0.6) is 5.95 Å². The second kappa shape index (κ2) is 8.11. The van der Waals surface area contributed by atoms with Crippen LogP contribution in [0.2, 0.25) is 5.02 Å². The molecular weight excluding hydrogens is 406 g/mol. The maximum absolute atomic E-state index is 12.8. The van der Waals surface area contributed by atoms with Gasteiger partial charge in [-0.15, -0.1) is 0 Å². The number of aromatic nitrogens is 2. The van der Waals surface area contributed by atoms with Gasteiger partial charge in [0.05, 0.1) is 11.7 Å². The lowest BCUT2D eigenvalue weighted by Gasteiger charge is -2.22. The van der Waals surface area contributed by atoms with Crippen molar-refractivity contribution < 1.29 is 23.9 Å². The van der Waals surface area contributed by atoms with Crippen molar-refractivity contribution in [3.05, 3.63) is 35.0 Å². The summed E-state index contributed by atoms with van der Waals surface area (Å²) in [4.78, 5) is 28.2. The molecule has 28 heavy (non-hydrogen) atoms. The molecular formula is C17H18ClN5O4S. The molecule has 11 heteroatoms. The van der Waals surface area contributed by atoms with Crippen molar-refractivity contribution in [2.75, 3.05) is 11.9 Å². The number of nitrogens with one attached hydrogen (secondary N) is 1. The Morgan fingerprint density at radius 2 is 2.11 bits per heavy atom. The van der Waals surface area contributed by atoms with Crippen LogP contribution >= 0.6 is 23.8 Å². The molecule has 2 amide bonds. The van der Waals surface area contributed by atoms with Gasteiger partial charge in [-0.25, -0.2) is 0 Å². The number of halogens is 1. The predicted octanol–water partition coefficient (Wildman–Crippen LogP) is 0.572. The topological polar surface area (TPSA) is 106 Å². The molecule has 2 aromatic rings. The monoisotopic (exact) mass is 423 g/mol. The number of rotatable bonds is 6. The minimum Gasteiger partial charge on any atom is -0.539 e. The SMILES string of the molecule is CCN1C(=O)C(CC(=O)Nc2ccc(Cl)cc2)N(Cc2c([O-])on[n+]2C)C1=S. The van der Waals surface area contributed by atoms with Gasteiger partial charge in [-0.05, 0) is 43.4 Å². The molecule has 0 radical (unpaired) electrons. The van der Waals surface area contributed by atoms with Gasteiger partial charge >= 0.3 is 0 Å². The third-order valence-electron chi connectivity index (χ3n) is 4.42. The largest absolute Gasteiger partial charge is 0.539 e. The number of benzene rings is 1. The van der Waals surface area contributed by atoms with E-state index in [0.717, 1.165) is 0 Å². The summed E-state index contributed by atoms with van der Waals surface area (Å²) in [6, 6.07) is 5.81. The molecule has 1 aromatic heterocycles. The molecule has 0 spiro atoms. The van der Waals surface area contributed by atoms with E-state index in [1.54, 1.807) is 43.1 Å². The van der Waals surface area contributed by atoms with Crippen LogP contribution in [0, 0.1) is 0 Å². The van der Waals surface area contributed by atoms with Crippen LogP contribution in [0.3, 0.4) is 0 Å². The molecule has 0 bridgehead atoms. The molecule has 1 N–H and O–H groups in total. The average Bonchev–Trinajstić information content (AvgIpc) is 3.08. The number of carbonyl (C=O) groups is 2. The Labute approximate surface area is 171 Å². The summed E-state index contributed by atoms with van der Waals surface area (Å²) in [6.07, 6.45) is -0.124. The smallest absolute Gasteiger partial charge is 0.252 e. The van der Waals surface area contributed by atoms with Crippen LogP contribution in [0.15, 0.2) is 28.8 Å². The summed E-state index contributed by atoms with van der Waals surface area (Å²) in [5, 5.41) is 19.0. The predicted molar refractivity (Wildman–Crippen MR) is 101 cm³/mol. The molecule has 148 valence electrons. The first kappa shape index (κ1) is 20.0. The number of likely N-dealkylation sites (N-methyl/N-ethyl adjacent to an activating group) is 1. The fourth-order valence-electron chi connectivity index (χ4n) is 2.94. The highest BCUT2D eigenvalue weighted by atomic mass is 35.5. The van der Waals surface area contributed by atoms with Gasteiger partial charge in [-0.1, -0.05) is 16.3 Å². The van der Waals surface area contributed by atoms with Gasteiger partial charge in [0.1, 0.15) is 12.6 Å². The molecule has 1 saturated heterocycles. The number of thiocarbonyl (C=S) groups is 1. The van der Waals surface area contributed by atoms with E-state index in [9.17, 15) is 14.7 Å². The third kappa shape index (κ3) is 3.92. The Bertz CT molecular complexity index is 897. The molecule has 0 aliphatic carbocycles. The van der Waals surface area contributed by atoms with Crippen LogP contribution in [0.4, 0.5) is 5.69 Å². The second-order valence-corrected chi connectivity index (χ2v) is 7.00. The standard InChI is InChI=1S/C17H18ClN5O4S/c1-3-22-15(25)12(8-14(24)19-11-6-4-10(18)5-7-11)23(17(22)28)9-13-16(26)27-20-21(13)2/h4-7,12H,3,8-9H2,1-2H3,(H-,19,20,24,26). The van der Waals surface area contributed by atoms with Gasteiger partial charge in [-0.3, -0.25) is 14.5 Å². The van der Waals surface area contributed by atoms with Crippen LogP contribution in [-0.4, -0.2) is 44.6 Å². The molecule has 1 aliphatic heterocycles. The highest BCUT2D eigenvalue weighted by Gasteiger charge is 2.44. The Hall–Kier alpha value is -2.72. The fraction of sp³-hybridized carbons (Fsp3) is 0.353. The molecule has 3 rings (SSSR count). The Morgan fingerprint density at radius 1 is 1.43 bits per heavy atom. The molecule has 1 aromatic carbocycles. The van der Waals surface area contributed by atoms with Crippen molar-refractivity contribution in [2.45, 2.75) is 25.9 Å². The Balaban J connectivity index is 1.79. The highest BCUT2D eigenvalue weighted by Crippen LogP contribution is 2.24. The van der Waals surface area contributed by atoms with Gasteiger partial charge in [0.15, 0.2) is 18.1 Å². The maximum atomic E-state index is 12.8. The lowest BCUT2D eigenvalue weighted by molar-refractivity contribution is -0.746. The molecule has 1 unspecified atom stereocenters. The van der Waals surface area contributed by atoms with E-state index in [4.69, 9.17) is 23.8 Å². The van der Waals surface area contributed by atoms with E-state index in [2.05, 4.69) is 15.1 Å². The molecule has 1 atom stereocenters. The van der Waals surface area contributed by atoms with Crippen LogP contribution < -0.4 is 15.1 Å². The maximum Gasteiger partial charge on any atom is 0.252 e. The van der Waals surface area contributed by atoms with E-state index >= 15 is 0 Å². The minimum absolute atomic E-state index is 0.0127. The zero-order chi connectivity index (χ0) is 20.4. The first-order chi connectivity index (χ1) is 13.3. The van der Waals surface area contributed by atoms with E-state index in [-0.39, 0.29) is 35.6 Å². The minimum atomic E-state index is -0.825. The van der Waals surface area contributed by atoms with Gasteiger partial charge in [0.2, 0.25) is 5.91 Å². The fourth-order valence-corrected chi connectivity index (χ4v) is 3.48. The zero-order valence-electron chi connectivity index (χ0n) is 15.2. The highest BCUT2D eigenvalue weighted by molar-refractivity contribution is 7.80. The number of amides is 2. The van der Waals surface area contributed by atoms with Crippen molar-refractivity contribution in [3.63, 3.8) is 0 Å². The van der Waals surface area contributed by atoms with E-state index in [1.807, 2.05) is 0 Å². The van der Waals surface area contributed by atoms with Gasteiger partial charge < -0.3 is 19.8 Å². The van der Waals surface area contributed by atoms with Crippen molar-refractivity contribution in [3.8, 4) is 5.95 Å². The second-order valence-electron chi connectivity index (χ2n) is 6.20. The quantitative estimate of drug-likeness (QED) is 0.535. The third-order valence-corrected chi connectivity index (χ3v) is 5.13. The number of carbonyl (C=O) groups excluding carboxylic acids is 2. The summed E-state index contributed by atoms with van der Waals surface area (Å²) in [6.45, 7) is 2.17. The summed E-state index contributed by atoms with van der Waals surface area (Å²) >= 11 is 11.2. The van der Waals surface area contributed by atoms with E-state index in [1.165, 1.54) is 9.58 Å². The Morgan fingerprint density at radius 3 is 2.68 bits per heavy atom. The van der Waals surface area contributed by atoms with Crippen molar-refractivity contribution >= 4 is 46.4 Å². The normalized spacial score (nSPS) is 16.8. The van der Waals surface area contributed by atoms with Gasteiger partial charge in [0.25, 0.3) is 11.6 Å². The van der Waals surface area contributed by atoms with Gasteiger partial charge in [-0.2, -0.15) is 0 Å². The molecule has 1 fully saturated rings. The average molecular weight is 424 g/mol. The number of aryl methyl sites for hydroxylation is 1. The van der Waals surface area contributed by atoms with Crippen LogP contribution in [-0.2, 0) is 23.2 Å². The van der Waals surface area contributed by atoms with Crippen molar-refractivity contribution in [1.29, 1.82) is 0 Å². The number of anilines is 1. The summed E-state index contributed by atoms with van der Waals surface area (Å²) in [7, 11) is 1.56. The molecule has 9 nitrogen and oxygen atoms in total. The molecule has 0 saturated carbocycles. The first-order valence-electron chi connectivity index (χ1n) is 8.51. The number of hydrogen-bond acceptors (Lipinski definition) is 6. The van der Waals surface area contributed by atoms with Gasteiger partial charge in [0, 0.05) is 17.3 Å².